The maximum atomic E-state index is 5.09. The number of aryl methyl sites for hydroxylation is 1. The summed E-state index contributed by atoms with van der Waals surface area (Å²) in [6.07, 6.45) is 0. The molecule has 0 bridgehead atoms. The molecule has 0 aliphatic rings. The molecule has 1 rings (SSSR count). The van der Waals surface area contributed by atoms with Gasteiger partial charge in [-0.05, 0) is 40.5 Å². The first-order valence-electron chi connectivity index (χ1n) is 3.18. The molecule has 0 heterocycles. The van der Waals surface area contributed by atoms with Gasteiger partial charge in [-0.3, -0.25) is 0 Å². The molecule has 11 heavy (non-hydrogen) atoms. The lowest BCUT2D eigenvalue weighted by Crippen LogP contribution is -1.86. The second-order valence-electron chi connectivity index (χ2n) is 2.27. The minimum absolute atomic E-state index is 0.820. The Bertz CT molecular complexity index is 273. The third kappa shape index (κ3) is 1.91. The largest absolute Gasteiger partial charge is 0.496 e. The van der Waals surface area contributed by atoms with E-state index in [1.807, 2.05) is 19.1 Å². The molecule has 1 nitrogen and oxygen atoms in total. The molecule has 0 spiro atoms. The lowest BCUT2D eigenvalue weighted by Gasteiger charge is -2.05. The van der Waals surface area contributed by atoms with Gasteiger partial charge in [0.15, 0.2) is 0 Å². The van der Waals surface area contributed by atoms with Gasteiger partial charge in [0.05, 0.1) is 11.6 Å². The first-order valence-corrected chi connectivity index (χ1v) is 4.42. The second-order valence-corrected chi connectivity index (χ2v) is 3.61. The average molecular weight is 233 g/mol. The highest BCUT2D eigenvalue weighted by Gasteiger charge is 2.01. The minimum Gasteiger partial charge on any atom is -0.496 e. The predicted molar refractivity (Wildman–Crippen MR) is 52.7 cm³/mol. The zero-order valence-electron chi connectivity index (χ0n) is 6.39. The number of thiol groups is 1. The summed E-state index contributed by atoms with van der Waals surface area (Å²) in [4.78, 5) is 0.949. The summed E-state index contributed by atoms with van der Waals surface area (Å²) < 4.78 is 6.05. The highest BCUT2D eigenvalue weighted by atomic mass is 79.9. The molecule has 0 aliphatic heterocycles. The van der Waals surface area contributed by atoms with Gasteiger partial charge < -0.3 is 4.74 Å². The molecule has 0 amide bonds. The fourth-order valence-electron chi connectivity index (χ4n) is 0.799. The van der Waals surface area contributed by atoms with Crippen LogP contribution in [0.5, 0.6) is 5.75 Å². The van der Waals surface area contributed by atoms with Gasteiger partial charge >= 0.3 is 0 Å². The van der Waals surface area contributed by atoms with Crippen LogP contribution < -0.4 is 4.74 Å². The van der Waals surface area contributed by atoms with Crippen molar-refractivity contribution in [2.75, 3.05) is 7.11 Å². The first kappa shape index (κ1) is 8.94. The fourth-order valence-corrected chi connectivity index (χ4v) is 1.60. The van der Waals surface area contributed by atoms with Crippen molar-refractivity contribution in [1.29, 1.82) is 0 Å². The van der Waals surface area contributed by atoms with Gasteiger partial charge in [-0.2, -0.15) is 0 Å². The Kier molecular flexibility index (Phi) is 2.84. The maximum Gasteiger partial charge on any atom is 0.134 e. The van der Waals surface area contributed by atoms with Crippen molar-refractivity contribution in [3.8, 4) is 5.75 Å². The third-order valence-electron chi connectivity index (χ3n) is 1.47. The monoisotopic (exact) mass is 232 g/mol. The maximum absolute atomic E-state index is 5.09. The van der Waals surface area contributed by atoms with E-state index in [1.165, 1.54) is 0 Å². The smallest absolute Gasteiger partial charge is 0.134 e. The van der Waals surface area contributed by atoms with E-state index < -0.39 is 0 Å². The van der Waals surface area contributed by atoms with Gasteiger partial charge in [0, 0.05) is 4.90 Å². The van der Waals surface area contributed by atoms with Crippen LogP contribution in [0.4, 0.5) is 0 Å². The number of rotatable bonds is 1. The van der Waals surface area contributed by atoms with Gasteiger partial charge in [-0.15, -0.1) is 12.6 Å². The van der Waals surface area contributed by atoms with Gasteiger partial charge in [0.25, 0.3) is 0 Å². The SMILES string of the molecule is COc1cc(S)c(C)cc1Br. The number of methoxy groups -OCH3 is 1. The fraction of sp³-hybridized carbons (Fsp3) is 0.250. The first-order chi connectivity index (χ1) is 5.15. The lowest BCUT2D eigenvalue weighted by atomic mass is 10.2. The lowest BCUT2D eigenvalue weighted by molar-refractivity contribution is 0.411. The van der Waals surface area contributed by atoms with Gasteiger partial charge in [0.1, 0.15) is 5.75 Å². The van der Waals surface area contributed by atoms with Gasteiger partial charge in [-0.25, -0.2) is 0 Å². The summed E-state index contributed by atoms with van der Waals surface area (Å²) in [5.74, 6) is 0.820. The zero-order valence-corrected chi connectivity index (χ0v) is 8.87. The molecule has 0 atom stereocenters. The van der Waals surface area contributed by atoms with Crippen LogP contribution >= 0.6 is 28.6 Å². The molecule has 0 saturated heterocycles. The highest BCUT2D eigenvalue weighted by Crippen LogP contribution is 2.29. The van der Waals surface area contributed by atoms with Crippen LogP contribution in [-0.2, 0) is 0 Å². The number of hydrogen-bond acceptors (Lipinski definition) is 2. The third-order valence-corrected chi connectivity index (χ3v) is 2.57. The molecule has 60 valence electrons. The summed E-state index contributed by atoms with van der Waals surface area (Å²) >= 11 is 7.65. The molecule has 0 fully saturated rings. The Hall–Kier alpha value is -0.150. The molecule has 0 aromatic heterocycles. The molecule has 0 N–H and O–H groups in total. The topological polar surface area (TPSA) is 9.23 Å². The summed E-state index contributed by atoms with van der Waals surface area (Å²) in [5.41, 5.74) is 1.14. The van der Waals surface area contributed by atoms with E-state index in [4.69, 9.17) is 4.74 Å². The van der Waals surface area contributed by atoms with Gasteiger partial charge in [0.2, 0.25) is 0 Å². The quantitative estimate of drug-likeness (QED) is 0.733. The number of halogens is 1. The number of hydrogen-bond donors (Lipinski definition) is 1. The summed E-state index contributed by atoms with van der Waals surface area (Å²) in [7, 11) is 1.64. The van der Waals surface area contributed by atoms with Crippen LogP contribution in [0.25, 0.3) is 0 Å². The van der Waals surface area contributed by atoms with Crippen molar-refractivity contribution in [3.63, 3.8) is 0 Å². The van der Waals surface area contributed by atoms with Crippen molar-refractivity contribution in [2.45, 2.75) is 11.8 Å². The van der Waals surface area contributed by atoms with E-state index in [9.17, 15) is 0 Å². The summed E-state index contributed by atoms with van der Waals surface area (Å²) in [5, 5.41) is 0. The molecule has 1 aromatic rings. The van der Waals surface area contributed by atoms with E-state index in [2.05, 4.69) is 28.6 Å². The molecule has 0 unspecified atom stereocenters. The molecule has 0 radical (unpaired) electrons. The van der Waals surface area contributed by atoms with E-state index in [0.717, 1.165) is 20.7 Å². The zero-order chi connectivity index (χ0) is 8.43. The van der Waals surface area contributed by atoms with Crippen molar-refractivity contribution in [2.24, 2.45) is 0 Å². The summed E-state index contributed by atoms with van der Waals surface area (Å²) in [6, 6.07) is 3.88. The van der Waals surface area contributed by atoms with Crippen molar-refractivity contribution < 1.29 is 4.74 Å². The Morgan fingerprint density at radius 2 is 2.09 bits per heavy atom. The van der Waals surface area contributed by atoms with Crippen LogP contribution in [0, 0.1) is 6.92 Å². The Labute approximate surface area is 80.3 Å². The minimum atomic E-state index is 0.820. The van der Waals surface area contributed by atoms with Crippen LogP contribution in [0.1, 0.15) is 5.56 Å². The normalized spacial score (nSPS) is 9.82. The Balaban J connectivity index is 3.21. The molecule has 0 saturated carbocycles. The second kappa shape index (κ2) is 3.50. The van der Waals surface area contributed by atoms with E-state index in [0.29, 0.717) is 0 Å². The molecule has 3 heteroatoms. The van der Waals surface area contributed by atoms with Crippen LogP contribution in [0.3, 0.4) is 0 Å². The number of benzene rings is 1. The van der Waals surface area contributed by atoms with E-state index in [1.54, 1.807) is 7.11 Å². The summed E-state index contributed by atoms with van der Waals surface area (Å²) in [6.45, 7) is 2.01. The Morgan fingerprint density at radius 3 is 2.64 bits per heavy atom. The van der Waals surface area contributed by atoms with Crippen molar-refractivity contribution in [3.05, 3.63) is 22.2 Å². The standard InChI is InChI=1S/C8H9BrOS/c1-5-3-6(9)7(10-2)4-8(5)11/h3-4,11H,1-2H3. The molecular formula is C8H9BrOS. The highest BCUT2D eigenvalue weighted by molar-refractivity contribution is 9.10. The van der Waals surface area contributed by atoms with Crippen LogP contribution in [-0.4, -0.2) is 7.11 Å². The van der Waals surface area contributed by atoms with Gasteiger partial charge in [-0.1, -0.05) is 0 Å². The predicted octanol–water partition coefficient (Wildman–Crippen LogP) is 3.05. The van der Waals surface area contributed by atoms with Crippen molar-refractivity contribution >= 4 is 28.6 Å². The van der Waals surface area contributed by atoms with Crippen molar-refractivity contribution in [1.82, 2.24) is 0 Å². The molecular weight excluding hydrogens is 224 g/mol. The molecule has 0 aliphatic carbocycles. The van der Waals surface area contributed by atoms with E-state index >= 15 is 0 Å². The van der Waals surface area contributed by atoms with Crippen LogP contribution in [0.2, 0.25) is 0 Å². The molecule has 1 aromatic carbocycles. The average Bonchev–Trinajstić information content (AvgIpc) is 1.97. The Morgan fingerprint density at radius 1 is 1.45 bits per heavy atom. The number of ether oxygens (including phenoxy) is 1. The van der Waals surface area contributed by atoms with E-state index in [-0.39, 0.29) is 0 Å². The van der Waals surface area contributed by atoms with Crippen LogP contribution in [0.15, 0.2) is 21.5 Å².